The van der Waals surface area contributed by atoms with Gasteiger partial charge >= 0.3 is 0 Å². The molecule has 0 aromatic heterocycles. The molecular weight excluding hydrogens is 290 g/mol. The van der Waals surface area contributed by atoms with Gasteiger partial charge in [0.1, 0.15) is 0 Å². The zero-order valence-corrected chi connectivity index (χ0v) is 11.9. The van der Waals surface area contributed by atoms with Gasteiger partial charge in [-0.2, -0.15) is 0 Å². The first-order valence-electron chi connectivity index (χ1n) is 5.79. The molecule has 0 aliphatic carbocycles. The molecule has 19 heavy (non-hydrogen) atoms. The number of carbonyl (C=O) groups is 1. The van der Waals surface area contributed by atoms with Gasteiger partial charge in [-0.15, -0.1) is 0 Å². The first-order chi connectivity index (χ1) is 8.89. The monoisotopic (exact) mass is 303 g/mol. The van der Waals surface area contributed by atoms with Crippen LogP contribution < -0.4 is 0 Å². The van der Waals surface area contributed by atoms with Gasteiger partial charge in [-0.25, -0.2) is 8.42 Å². The summed E-state index contributed by atoms with van der Waals surface area (Å²) < 4.78 is 27.7. The largest absolute Gasteiger partial charge is 0.379 e. The summed E-state index contributed by atoms with van der Waals surface area (Å²) in [5, 5.41) is 0. The molecule has 104 valence electrons. The van der Waals surface area contributed by atoms with Crippen molar-refractivity contribution in [3.8, 4) is 0 Å². The Balaban J connectivity index is 2.24. The van der Waals surface area contributed by atoms with Crippen molar-refractivity contribution in [3.05, 3.63) is 29.8 Å². The summed E-state index contributed by atoms with van der Waals surface area (Å²) in [6.07, 6.45) is 0.787. The third-order valence-electron chi connectivity index (χ3n) is 3.14. The molecule has 1 aromatic rings. The molecule has 2 rings (SSSR count). The van der Waals surface area contributed by atoms with E-state index in [1.54, 1.807) is 18.0 Å². The van der Waals surface area contributed by atoms with Crippen molar-refractivity contribution in [1.29, 1.82) is 0 Å². The van der Waals surface area contributed by atoms with E-state index >= 15 is 0 Å². The maximum absolute atomic E-state index is 12.2. The van der Waals surface area contributed by atoms with E-state index in [0.29, 0.717) is 18.8 Å². The van der Waals surface area contributed by atoms with E-state index in [9.17, 15) is 13.2 Å². The number of halogens is 1. The highest BCUT2D eigenvalue weighted by atomic mass is 35.7. The number of amides is 1. The Hall–Kier alpha value is -1.11. The second kappa shape index (κ2) is 5.48. The molecular formula is C12H14ClNO4S. The van der Waals surface area contributed by atoms with Crippen LogP contribution in [0.3, 0.4) is 0 Å². The van der Waals surface area contributed by atoms with Gasteiger partial charge in [0.25, 0.3) is 15.0 Å². The van der Waals surface area contributed by atoms with Crippen molar-refractivity contribution in [2.24, 2.45) is 0 Å². The second-order valence-electron chi connectivity index (χ2n) is 4.40. The molecule has 0 bridgehead atoms. The summed E-state index contributed by atoms with van der Waals surface area (Å²) in [6.45, 7) is 1.15. The van der Waals surface area contributed by atoms with Gasteiger partial charge in [0.05, 0.1) is 17.5 Å². The average Bonchev–Trinajstić information content (AvgIpc) is 2.90. The van der Waals surface area contributed by atoms with Gasteiger partial charge in [0.15, 0.2) is 0 Å². The molecule has 0 N–H and O–H groups in total. The molecule has 0 saturated carbocycles. The average molecular weight is 304 g/mol. The molecule has 7 heteroatoms. The Morgan fingerprint density at radius 1 is 1.47 bits per heavy atom. The number of hydrogen-bond donors (Lipinski definition) is 0. The Kier molecular flexibility index (Phi) is 4.13. The van der Waals surface area contributed by atoms with E-state index in [1.807, 2.05) is 0 Å². The van der Waals surface area contributed by atoms with Crippen molar-refractivity contribution in [2.75, 3.05) is 20.3 Å². The smallest absolute Gasteiger partial charge is 0.261 e. The number of ether oxygens (including phenoxy) is 1. The van der Waals surface area contributed by atoms with E-state index in [-0.39, 0.29) is 16.8 Å². The van der Waals surface area contributed by atoms with Crippen molar-refractivity contribution >= 4 is 25.6 Å². The second-order valence-corrected chi connectivity index (χ2v) is 6.97. The zero-order chi connectivity index (χ0) is 14.0. The van der Waals surface area contributed by atoms with Crippen LogP contribution in [0.25, 0.3) is 0 Å². The van der Waals surface area contributed by atoms with Crippen LogP contribution in [-0.4, -0.2) is 45.5 Å². The van der Waals surface area contributed by atoms with Crippen LogP contribution in [0.15, 0.2) is 29.2 Å². The lowest BCUT2D eigenvalue weighted by atomic mass is 10.1. The predicted molar refractivity (Wildman–Crippen MR) is 70.8 cm³/mol. The van der Waals surface area contributed by atoms with Gasteiger partial charge in [-0.05, 0) is 24.6 Å². The first kappa shape index (κ1) is 14.3. The fourth-order valence-electron chi connectivity index (χ4n) is 1.98. The van der Waals surface area contributed by atoms with Gasteiger partial charge in [0.2, 0.25) is 0 Å². The standard InChI is InChI=1S/C12H14ClNO4S/c1-14(10-5-6-18-8-10)12(15)9-3-2-4-11(7-9)19(13,16)17/h2-4,7,10H,5-6,8H2,1H3. The zero-order valence-electron chi connectivity index (χ0n) is 10.4. The van der Waals surface area contributed by atoms with E-state index in [1.165, 1.54) is 18.2 Å². The number of carbonyl (C=O) groups excluding carboxylic acids is 1. The van der Waals surface area contributed by atoms with E-state index < -0.39 is 9.05 Å². The van der Waals surface area contributed by atoms with Crippen LogP contribution >= 0.6 is 10.7 Å². The number of nitrogens with zero attached hydrogens (tertiary/aromatic N) is 1. The molecule has 1 unspecified atom stereocenters. The van der Waals surface area contributed by atoms with Gasteiger partial charge < -0.3 is 9.64 Å². The molecule has 1 fully saturated rings. The lowest BCUT2D eigenvalue weighted by Gasteiger charge is -2.23. The van der Waals surface area contributed by atoms with Crippen LogP contribution in [0, 0.1) is 0 Å². The molecule has 1 atom stereocenters. The summed E-state index contributed by atoms with van der Waals surface area (Å²) in [4.78, 5) is 13.7. The number of rotatable bonds is 3. The van der Waals surface area contributed by atoms with Crippen molar-refractivity contribution in [1.82, 2.24) is 4.90 Å². The maximum atomic E-state index is 12.2. The Bertz CT molecular complexity index is 581. The summed E-state index contributed by atoms with van der Waals surface area (Å²) in [5.41, 5.74) is 0.302. The van der Waals surface area contributed by atoms with Crippen molar-refractivity contribution in [2.45, 2.75) is 17.4 Å². The summed E-state index contributed by atoms with van der Waals surface area (Å²) in [7, 11) is 3.13. The third kappa shape index (κ3) is 3.26. The van der Waals surface area contributed by atoms with Crippen LogP contribution in [0.5, 0.6) is 0 Å². The topological polar surface area (TPSA) is 63.7 Å². The maximum Gasteiger partial charge on any atom is 0.261 e. The van der Waals surface area contributed by atoms with E-state index in [0.717, 1.165) is 6.42 Å². The molecule has 0 radical (unpaired) electrons. The minimum atomic E-state index is -3.83. The summed E-state index contributed by atoms with van der Waals surface area (Å²) in [6, 6.07) is 5.75. The molecule has 1 aliphatic heterocycles. The Labute approximate surface area is 116 Å². The highest BCUT2D eigenvalue weighted by Crippen LogP contribution is 2.19. The number of likely N-dealkylation sites (N-methyl/N-ethyl adjacent to an activating group) is 1. The van der Waals surface area contributed by atoms with Crippen molar-refractivity contribution < 1.29 is 17.9 Å². The highest BCUT2D eigenvalue weighted by Gasteiger charge is 2.25. The molecule has 1 heterocycles. The molecule has 1 aliphatic rings. The Morgan fingerprint density at radius 3 is 2.79 bits per heavy atom. The first-order valence-corrected chi connectivity index (χ1v) is 8.10. The normalized spacial score (nSPS) is 19.4. The van der Waals surface area contributed by atoms with E-state index in [2.05, 4.69) is 0 Å². The number of hydrogen-bond acceptors (Lipinski definition) is 4. The van der Waals surface area contributed by atoms with E-state index in [4.69, 9.17) is 15.4 Å². The van der Waals surface area contributed by atoms with Crippen LogP contribution in [0.2, 0.25) is 0 Å². The molecule has 1 saturated heterocycles. The third-order valence-corrected chi connectivity index (χ3v) is 4.49. The van der Waals surface area contributed by atoms with Crippen LogP contribution in [0.4, 0.5) is 0 Å². The minimum Gasteiger partial charge on any atom is -0.379 e. The quantitative estimate of drug-likeness (QED) is 0.793. The lowest BCUT2D eigenvalue weighted by Crippen LogP contribution is -2.37. The van der Waals surface area contributed by atoms with Gasteiger partial charge in [-0.3, -0.25) is 4.79 Å². The van der Waals surface area contributed by atoms with Crippen LogP contribution in [-0.2, 0) is 13.8 Å². The molecule has 5 nitrogen and oxygen atoms in total. The van der Waals surface area contributed by atoms with Gasteiger partial charge in [-0.1, -0.05) is 6.07 Å². The molecule has 0 spiro atoms. The fourth-order valence-corrected chi connectivity index (χ4v) is 2.77. The summed E-state index contributed by atoms with van der Waals surface area (Å²) in [5.74, 6) is -0.238. The Morgan fingerprint density at radius 2 is 2.21 bits per heavy atom. The fraction of sp³-hybridized carbons (Fsp3) is 0.417. The van der Waals surface area contributed by atoms with Gasteiger partial charge in [0, 0.05) is 29.9 Å². The van der Waals surface area contributed by atoms with Crippen LogP contribution in [0.1, 0.15) is 16.8 Å². The SMILES string of the molecule is CN(C(=O)c1cccc(S(=O)(=O)Cl)c1)C1CCOC1. The lowest BCUT2D eigenvalue weighted by molar-refractivity contribution is 0.0711. The highest BCUT2D eigenvalue weighted by molar-refractivity contribution is 8.13. The number of benzene rings is 1. The predicted octanol–water partition coefficient (Wildman–Crippen LogP) is 1.48. The molecule has 1 aromatic carbocycles. The molecule has 1 amide bonds. The minimum absolute atomic E-state index is 0.0313. The van der Waals surface area contributed by atoms with Crippen molar-refractivity contribution in [3.63, 3.8) is 0 Å². The summed E-state index contributed by atoms with van der Waals surface area (Å²) >= 11 is 0.